The van der Waals surface area contributed by atoms with Crippen molar-refractivity contribution in [3.63, 3.8) is 0 Å². The summed E-state index contributed by atoms with van der Waals surface area (Å²) in [4.78, 5) is 43.2. The molecular formula is C32H60O8. The number of carbonyl (C=O) groups is 4. The fourth-order valence-electron chi connectivity index (χ4n) is 5.97. The van der Waals surface area contributed by atoms with Gasteiger partial charge in [0, 0.05) is 19.3 Å². The van der Waals surface area contributed by atoms with Crippen molar-refractivity contribution in [3.05, 3.63) is 0 Å². The molecule has 0 aromatic heterocycles. The molecule has 0 heterocycles. The van der Waals surface area contributed by atoms with Crippen LogP contribution in [0.5, 0.6) is 0 Å². The average Bonchev–Trinajstić information content (AvgIpc) is 2.75. The third-order valence-electron chi connectivity index (χ3n) is 7.95. The summed E-state index contributed by atoms with van der Waals surface area (Å²) in [5.74, 6) is -0.496. The second kappa shape index (κ2) is 21.6. The Bertz CT molecular complexity index is 734. The maximum atomic E-state index is 11.4. The third kappa shape index (κ3) is 22.7. The highest BCUT2D eigenvalue weighted by Crippen LogP contribution is 2.30. The van der Waals surface area contributed by atoms with Crippen LogP contribution in [0.1, 0.15) is 127 Å². The van der Waals surface area contributed by atoms with Crippen molar-refractivity contribution in [1.82, 2.24) is 0 Å². The van der Waals surface area contributed by atoms with Gasteiger partial charge in [-0.2, -0.15) is 0 Å². The Morgan fingerprint density at radius 2 is 0.950 bits per heavy atom. The molecule has 0 spiro atoms. The van der Waals surface area contributed by atoms with Gasteiger partial charge in [-0.1, -0.05) is 62.3 Å². The second-order valence-corrected chi connectivity index (χ2v) is 13.4. The first-order chi connectivity index (χ1) is 18.3. The zero-order chi connectivity index (χ0) is 31.6. The van der Waals surface area contributed by atoms with Gasteiger partial charge in [-0.25, -0.2) is 0 Å². The molecule has 8 unspecified atom stereocenters. The minimum Gasteiger partial charge on any atom is -0.481 e. The van der Waals surface area contributed by atoms with Crippen molar-refractivity contribution < 1.29 is 39.6 Å². The lowest BCUT2D eigenvalue weighted by atomic mass is 9.79. The molecule has 0 fully saturated rings. The lowest BCUT2D eigenvalue weighted by Crippen LogP contribution is -2.25. The lowest BCUT2D eigenvalue weighted by molar-refractivity contribution is -0.145. The van der Waals surface area contributed by atoms with Crippen LogP contribution in [0.4, 0.5) is 0 Å². The molecule has 8 nitrogen and oxygen atoms in total. The normalized spacial score (nSPS) is 17.4. The minimum atomic E-state index is -0.785. The highest BCUT2D eigenvalue weighted by atomic mass is 16.4. The molecule has 0 aliphatic heterocycles. The van der Waals surface area contributed by atoms with Crippen molar-refractivity contribution >= 4 is 23.9 Å². The fraction of sp³-hybridized carbons (Fsp3) is 0.875. The van der Waals surface area contributed by atoms with E-state index in [1.165, 1.54) is 0 Å². The summed E-state index contributed by atoms with van der Waals surface area (Å²) in [5.41, 5.74) is 0. The fourth-order valence-corrected chi connectivity index (χ4v) is 5.97. The Balaban J connectivity index is 0. The van der Waals surface area contributed by atoms with Gasteiger partial charge in [0.05, 0.1) is 5.92 Å². The minimum absolute atomic E-state index is 0.0948. The van der Waals surface area contributed by atoms with Crippen LogP contribution in [0, 0.1) is 53.3 Å². The van der Waals surface area contributed by atoms with Crippen molar-refractivity contribution in [1.29, 1.82) is 0 Å². The van der Waals surface area contributed by atoms with Gasteiger partial charge in [0.1, 0.15) is 0 Å². The monoisotopic (exact) mass is 572 g/mol. The van der Waals surface area contributed by atoms with Gasteiger partial charge in [-0.3, -0.25) is 19.2 Å². The molecule has 0 saturated heterocycles. The van der Waals surface area contributed by atoms with E-state index in [1.807, 2.05) is 27.7 Å². The van der Waals surface area contributed by atoms with E-state index < -0.39 is 23.9 Å². The summed E-state index contributed by atoms with van der Waals surface area (Å²) >= 11 is 0. The molecule has 0 aromatic rings. The average molecular weight is 573 g/mol. The van der Waals surface area contributed by atoms with E-state index in [9.17, 15) is 24.3 Å². The number of aliphatic carboxylic acids is 4. The molecule has 0 rings (SSSR count). The molecule has 236 valence electrons. The number of carboxylic acids is 4. The quantitative estimate of drug-likeness (QED) is 0.108. The molecule has 0 saturated carbocycles. The standard InChI is InChI=1S/2C16H30O4/c1-10(2)6-13(5)14(16(19)20)8-11(3)7-12(4)9-15(17)18;1-11(8-12(2)10-16(19)20)9-14(4)13(3)6-5-7-15(17)18/h10-14H,6-9H2,1-5H3,(H,17,18)(H,19,20);11-14H,5-10H2,1-4H3,(H,17,18)(H,19,20). The Labute approximate surface area is 243 Å². The Hall–Kier alpha value is -2.12. The van der Waals surface area contributed by atoms with E-state index in [4.69, 9.17) is 15.3 Å². The number of hydrogen-bond donors (Lipinski definition) is 4. The summed E-state index contributed by atoms with van der Waals surface area (Å²) in [6.45, 7) is 18.7. The van der Waals surface area contributed by atoms with Gasteiger partial charge in [-0.05, 0) is 92.3 Å². The molecule has 8 heteroatoms. The molecule has 0 aliphatic carbocycles. The van der Waals surface area contributed by atoms with Gasteiger partial charge in [-0.15, -0.1) is 0 Å². The van der Waals surface area contributed by atoms with E-state index in [0.29, 0.717) is 30.1 Å². The Kier molecular flexibility index (Phi) is 21.6. The number of rotatable bonds is 21. The predicted molar refractivity (Wildman–Crippen MR) is 159 cm³/mol. The summed E-state index contributed by atoms with van der Waals surface area (Å²) < 4.78 is 0. The van der Waals surface area contributed by atoms with Crippen LogP contribution in [0.3, 0.4) is 0 Å². The molecule has 0 aliphatic rings. The van der Waals surface area contributed by atoms with Crippen LogP contribution < -0.4 is 0 Å². The van der Waals surface area contributed by atoms with E-state index in [0.717, 1.165) is 38.5 Å². The first-order valence-electron chi connectivity index (χ1n) is 15.2. The SMILES string of the molecule is CC(C)CC(C)C(CC(C)CC(C)CC(=O)O)C(=O)O.CC(CC(=O)O)CC(C)CC(C)C(C)CCCC(=O)O. The van der Waals surface area contributed by atoms with Crippen LogP contribution in [-0.4, -0.2) is 44.3 Å². The Morgan fingerprint density at radius 3 is 1.32 bits per heavy atom. The summed E-state index contributed by atoms with van der Waals surface area (Å²) in [7, 11) is 0. The third-order valence-corrected chi connectivity index (χ3v) is 7.95. The van der Waals surface area contributed by atoms with Crippen molar-refractivity contribution in [2.75, 3.05) is 0 Å². The first-order valence-corrected chi connectivity index (χ1v) is 15.2. The highest BCUT2D eigenvalue weighted by molar-refractivity contribution is 5.70. The largest absolute Gasteiger partial charge is 0.481 e. The van der Waals surface area contributed by atoms with Crippen LogP contribution >= 0.6 is 0 Å². The van der Waals surface area contributed by atoms with Crippen molar-refractivity contribution in [2.45, 2.75) is 127 Å². The van der Waals surface area contributed by atoms with E-state index in [-0.39, 0.29) is 48.9 Å². The molecular weight excluding hydrogens is 512 g/mol. The lowest BCUT2D eigenvalue weighted by Gasteiger charge is -2.25. The summed E-state index contributed by atoms with van der Waals surface area (Å²) in [6, 6.07) is 0. The van der Waals surface area contributed by atoms with Crippen LogP contribution in [0.15, 0.2) is 0 Å². The molecule has 4 N–H and O–H groups in total. The highest BCUT2D eigenvalue weighted by Gasteiger charge is 2.28. The van der Waals surface area contributed by atoms with E-state index in [1.54, 1.807) is 0 Å². The molecule has 8 atom stereocenters. The predicted octanol–water partition coefficient (Wildman–Crippen LogP) is 7.94. The van der Waals surface area contributed by atoms with Gasteiger partial charge >= 0.3 is 23.9 Å². The van der Waals surface area contributed by atoms with Gasteiger partial charge < -0.3 is 20.4 Å². The van der Waals surface area contributed by atoms with Gasteiger partial charge in [0.25, 0.3) is 0 Å². The number of hydrogen-bond acceptors (Lipinski definition) is 4. The van der Waals surface area contributed by atoms with Crippen LogP contribution in [0.2, 0.25) is 0 Å². The van der Waals surface area contributed by atoms with Crippen LogP contribution in [-0.2, 0) is 19.2 Å². The molecule has 40 heavy (non-hydrogen) atoms. The number of carboxylic acid groups (broad SMARTS) is 4. The van der Waals surface area contributed by atoms with Gasteiger partial charge in [0.15, 0.2) is 0 Å². The first kappa shape index (κ1) is 40.0. The topological polar surface area (TPSA) is 149 Å². The zero-order valence-electron chi connectivity index (χ0n) is 26.7. The molecule has 0 radical (unpaired) electrons. The smallest absolute Gasteiger partial charge is 0.306 e. The van der Waals surface area contributed by atoms with E-state index >= 15 is 0 Å². The maximum absolute atomic E-state index is 11.4. The second-order valence-electron chi connectivity index (χ2n) is 13.4. The summed E-state index contributed by atoms with van der Waals surface area (Å²) in [5, 5.41) is 35.5. The molecule has 0 aromatic carbocycles. The van der Waals surface area contributed by atoms with Gasteiger partial charge in [0.2, 0.25) is 0 Å². The van der Waals surface area contributed by atoms with Crippen molar-refractivity contribution in [2.24, 2.45) is 53.3 Å². The zero-order valence-corrected chi connectivity index (χ0v) is 26.7. The maximum Gasteiger partial charge on any atom is 0.306 e. The van der Waals surface area contributed by atoms with E-state index in [2.05, 4.69) is 34.6 Å². The van der Waals surface area contributed by atoms with Crippen molar-refractivity contribution in [3.8, 4) is 0 Å². The molecule has 0 bridgehead atoms. The Morgan fingerprint density at radius 1 is 0.500 bits per heavy atom. The molecule has 0 amide bonds. The van der Waals surface area contributed by atoms with Crippen LogP contribution in [0.25, 0.3) is 0 Å². The summed E-state index contributed by atoms with van der Waals surface area (Å²) in [6.07, 6.45) is 6.68.